The summed E-state index contributed by atoms with van der Waals surface area (Å²) < 4.78 is 0. The maximum absolute atomic E-state index is 12.6. The Bertz CT molecular complexity index is 752. The Balaban J connectivity index is 1.20. The van der Waals surface area contributed by atoms with E-state index in [0.717, 1.165) is 43.9 Å². The summed E-state index contributed by atoms with van der Waals surface area (Å²) in [4.78, 5) is 27.6. The summed E-state index contributed by atoms with van der Waals surface area (Å²) in [6.07, 6.45) is 8.43. The zero-order valence-corrected chi connectivity index (χ0v) is 16.2. The van der Waals surface area contributed by atoms with Crippen molar-refractivity contribution in [1.82, 2.24) is 9.80 Å². The molecule has 0 unspecified atom stereocenters. The normalized spacial score (nSPS) is 34.4. The van der Waals surface area contributed by atoms with Gasteiger partial charge in [0.15, 0.2) is 0 Å². The van der Waals surface area contributed by atoms with Crippen molar-refractivity contribution in [2.24, 2.45) is 17.8 Å². The largest absolute Gasteiger partial charge is 0.322 e. The Labute approximate surface area is 165 Å². The number of hydrogen-bond acceptors (Lipinski definition) is 4. The number of piperazine rings is 1. The van der Waals surface area contributed by atoms with Crippen molar-refractivity contribution < 1.29 is 9.72 Å². The zero-order valence-electron chi connectivity index (χ0n) is 16.2. The summed E-state index contributed by atoms with van der Waals surface area (Å²) in [6, 6.07) is 5.96. The molecule has 5 fully saturated rings. The van der Waals surface area contributed by atoms with Gasteiger partial charge in [-0.15, -0.1) is 0 Å². The molecule has 5 aliphatic rings. The number of nitrogens with one attached hydrogen (secondary N) is 1. The molecule has 150 valence electrons. The predicted octanol–water partition coefficient (Wildman–Crippen LogP) is 3.71. The first-order valence-electron chi connectivity index (χ1n) is 10.6. The fourth-order valence-electron chi connectivity index (χ4n) is 6.74. The van der Waals surface area contributed by atoms with Gasteiger partial charge in [0.1, 0.15) is 0 Å². The van der Waals surface area contributed by atoms with E-state index in [1.54, 1.807) is 12.1 Å². The Morgan fingerprint density at radius 3 is 2.21 bits per heavy atom. The van der Waals surface area contributed by atoms with E-state index in [0.29, 0.717) is 11.2 Å². The van der Waals surface area contributed by atoms with Crippen LogP contribution in [0.3, 0.4) is 0 Å². The summed E-state index contributed by atoms with van der Waals surface area (Å²) in [5.74, 6) is 2.80. The molecule has 4 bridgehead atoms. The van der Waals surface area contributed by atoms with Gasteiger partial charge in [-0.1, -0.05) is 6.07 Å². The summed E-state index contributed by atoms with van der Waals surface area (Å²) in [5, 5.41) is 13.7. The number of anilines is 1. The van der Waals surface area contributed by atoms with Crippen LogP contribution in [0.25, 0.3) is 0 Å². The lowest BCUT2D eigenvalue weighted by molar-refractivity contribution is -0.384. The lowest BCUT2D eigenvalue weighted by atomic mass is 9.52. The molecule has 1 aromatic carbocycles. The monoisotopic (exact) mass is 384 g/mol. The SMILES string of the molecule is O=C(Nc1cccc([N+](=O)[O-])c1)N1CCN(C23CC4CC(CC(C4)C2)C3)CC1. The molecular weight excluding hydrogens is 356 g/mol. The number of nitro benzene ring substituents is 1. The molecule has 1 N–H and O–H groups in total. The first-order valence-corrected chi connectivity index (χ1v) is 10.6. The Morgan fingerprint density at radius 2 is 1.64 bits per heavy atom. The molecule has 1 aliphatic heterocycles. The second-order valence-corrected chi connectivity index (χ2v) is 9.35. The van der Waals surface area contributed by atoms with Crippen molar-refractivity contribution in [1.29, 1.82) is 0 Å². The minimum Gasteiger partial charge on any atom is -0.322 e. The summed E-state index contributed by atoms with van der Waals surface area (Å²) in [6.45, 7) is 3.33. The fraction of sp³-hybridized carbons (Fsp3) is 0.667. The van der Waals surface area contributed by atoms with Crippen molar-refractivity contribution in [3.05, 3.63) is 34.4 Å². The molecule has 1 saturated heterocycles. The summed E-state index contributed by atoms with van der Waals surface area (Å²) in [5.41, 5.74) is 0.865. The average molecular weight is 384 g/mol. The number of rotatable bonds is 3. The lowest BCUT2D eigenvalue weighted by Crippen LogP contribution is -2.64. The van der Waals surface area contributed by atoms with E-state index in [-0.39, 0.29) is 11.7 Å². The van der Waals surface area contributed by atoms with Crippen LogP contribution < -0.4 is 5.32 Å². The molecule has 4 aliphatic carbocycles. The van der Waals surface area contributed by atoms with Crippen LogP contribution in [0.5, 0.6) is 0 Å². The van der Waals surface area contributed by atoms with Gasteiger partial charge in [-0.25, -0.2) is 4.79 Å². The van der Waals surface area contributed by atoms with Gasteiger partial charge >= 0.3 is 6.03 Å². The van der Waals surface area contributed by atoms with Gasteiger partial charge in [0.25, 0.3) is 5.69 Å². The van der Waals surface area contributed by atoms with Gasteiger partial charge in [0.2, 0.25) is 0 Å². The van der Waals surface area contributed by atoms with Crippen molar-refractivity contribution in [3.8, 4) is 0 Å². The third-order valence-corrected chi connectivity index (χ3v) is 7.55. The number of carbonyl (C=O) groups is 1. The Hall–Kier alpha value is -2.15. The first kappa shape index (κ1) is 17.9. The number of amides is 2. The number of urea groups is 1. The molecule has 2 amide bonds. The smallest absolute Gasteiger partial charge is 0.321 e. The van der Waals surface area contributed by atoms with Gasteiger partial charge in [-0.05, 0) is 62.3 Å². The third-order valence-electron chi connectivity index (χ3n) is 7.55. The van der Waals surface area contributed by atoms with Crippen molar-refractivity contribution in [3.63, 3.8) is 0 Å². The van der Waals surface area contributed by atoms with E-state index in [1.807, 2.05) is 4.90 Å². The Kier molecular flexibility index (Phi) is 4.30. The molecule has 1 aromatic rings. The molecule has 0 aromatic heterocycles. The second kappa shape index (κ2) is 6.72. The van der Waals surface area contributed by atoms with Gasteiger partial charge in [0, 0.05) is 49.5 Å². The van der Waals surface area contributed by atoms with Crippen LogP contribution in [0.1, 0.15) is 38.5 Å². The highest BCUT2D eigenvalue weighted by Gasteiger charge is 2.53. The van der Waals surface area contributed by atoms with Gasteiger partial charge < -0.3 is 10.2 Å². The quantitative estimate of drug-likeness (QED) is 0.636. The molecule has 1 heterocycles. The topological polar surface area (TPSA) is 78.7 Å². The lowest BCUT2D eigenvalue weighted by Gasteiger charge is -2.61. The molecule has 0 radical (unpaired) electrons. The number of benzene rings is 1. The van der Waals surface area contributed by atoms with E-state index in [4.69, 9.17) is 0 Å². The predicted molar refractivity (Wildman–Crippen MR) is 106 cm³/mol. The highest BCUT2D eigenvalue weighted by molar-refractivity contribution is 5.89. The summed E-state index contributed by atoms with van der Waals surface area (Å²) in [7, 11) is 0. The van der Waals surface area contributed by atoms with Crippen molar-refractivity contribution in [2.75, 3.05) is 31.5 Å². The molecule has 7 heteroatoms. The van der Waals surface area contributed by atoms with Crippen LogP contribution in [0, 0.1) is 27.9 Å². The van der Waals surface area contributed by atoms with Crippen LogP contribution in [-0.4, -0.2) is 52.5 Å². The highest BCUT2D eigenvalue weighted by Crippen LogP contribution is 2.57. The molecule has 0 spiro atoms. The van der Waals surface area contributed by atoms with Crippen LogP contribution >= 0.6 is 0 Å². The van der Waals surface area contributed by atoms with Gasteiger partial charge in [-0.3, -0.25) is 15.0 Å². The number of hydrogen-bond donors (Lipinski definition) is 1. The summed E-state index contributed by atoms with van der Waals surface area (Å²) >= 11 is 0. The third kappa shape index (κ3) is 3.15. The first-order chi connectivity index (χ1) is 13.5. The van der Waals surface area contributed by atoms with E-state index < -0.39 is 4.92 Å². The minimum absolute atomic E-state index is 0.00978. The fourth-order valence-corrected chi connectivity index (χ4v) is 6.74. The number of nitrogens with zero attached hydrogens (tertiary/aromatic N) is 3. The number of non-ortho nitro benzene ring substituents is 1. The maximum atomic E-state index is 12.6. The van der Waals surface area contributed by atoms with E-state index in [1.165, 1.54) is 50.7 Å². The van der Waals surface area contributed by atoms with Crippen molar-refractivity contribution >= 4 is 17.4 Å². The highest BCUT2D eigenvalue weighted by atomic mass is 16.6. The standard InChI is InChI=1S/C21H28N4O3/c26-20(22-18-2-1-3-19(11-18)25(27)28)23-4-6-24(7-5-23)21-12-15-8-16(13-21)10-17(9-15)14-21/h1-3,11,15-17H,4-10,12-14H2,(H,22,26). The molecule has 7 nitrogen and oxygen atoms in total. The van der Waals surface area contributed by atoms with Gasteiger partial charge in [0.05, 0.1) is 4.92 Å². The second-order valence-electron chi connectivity index (χ2n) is 9.35. The van der Waals surface area contributed by atoms with Crippen LogP contribution in [0.15, 0.2) is 24.3 Å². The molecule has 4 saturated carbocycles. The minimum atomic E-state index is -0.445. The average Bonchev–Trinajstić information content (AvgIpc) is 2.67. The number of carbonyl (C=O) groups excluding carboxylic acids is 1. The maximum Gasteiger partial charge on any atom is 0.321 e. The van der Waals surface area contributed by atoms with Crippen LogP contribution in [-0.2, 0) is 0 Å². The Morgan fingerprint density at radius 1 is 1.04 bits per heavy atom. The van der Waals surface area contributed by atoms with E-state index in [2.05, 4.69) is 10.2 Å². The van der Waals surface area contributed by atoms with E-state index in [9.17, 15) is 14.9 Å². The van der Waals surface area contributed by atoms with Crippen molar-refractivity contribution in [2.45, 2.75) is 44.1 Å². The van der Waals surface area contributed by atoms with Crippen LogP contribution in [0.2, 0.25) is 0 Å². The molecular formula is C21H28N4O3. The van der Waals surface area contributed by atoms with Gasteiger partial charge in [-0.2, -0.15) is 0 Å². The number of nitro groups is 1. The zero-order chi connectivity index (χ0) is 19.3. The van der Waals surface area contributed by atoms with E-state index >= 15 is 0 Å². The van der Waals surface area contributed by atoms with Crippen LogP contribution in [0.4, 0.5) is 16.2 Å². The molecule has 0 atom stereocenters. The molecule has 28 heavy (non-hydrogen) atoms. The molecule has 6 rings (SSSR count).